The third-order valence-electron chi connectivity index (χ3n) is 5.84. The minimum Gasteiger partial charge on any atom is -0.352 e. The van der Waals surface area contributed by atoms with Crippen LogP contribution in [-0.4, -0.2) is 35.1 Å². The van der Waals surface area contributed by atoms with E-state index >= 15 is 0 Å². The molecule has 1 saturated carbocycles. The monoisotopic (exact) mass is 406 g/mol. The van der Waals surface area contributed by atoms with Crippen molar-refractivity contribution < 1.29 is 9.18 Å². The van der Waals surface area contributed by atoms with E-state index in [0.29, 0.717) is 40.6 Å². The van der Waals surface area contributed by atoms with Gasteiger partial charge in [0.25, 0.3) is 11.5 Å². The van der Waals surface area contributed by atoms with Crippen molar-refractivity contribution in [2.45, 2.75) is 25.7 Å². The SMILES string of the molecule is O=C(NCC1CC1)c1ccc2c(=O)n(-c3ccc(F)cc3)c(N3CCCC3)nc2c1. The van der Waals surface area contributed by atoms with Gasteiger partial charge < -0.3 is 10.2 Å². The topological polar surface area (TPSA) is 67.2 Å². The number of anilines is 1. The van der Waals surface area contributed by atoms with Gasteiger partial charge in [-0.1, -0.05) is 0 Å². The zero-order valence-electron chi connectivity index (χ0n) is 16.6. The fourth-order valence-corrected chi connectivity index (χ4v) is 3.93. The molecule has 1 N–H and O–H groups in total. The zero-order chi connectivity index (χ0) is 20.7. The molecule has 154 valence electrons. The molecule has 1 amide bonds. The predicted octanol–water partition coefficient (Wildman–Crippen LogP) is 3.26. The average Bonchev–Trinajstić information content (AvgIpc) is 3.43. The molecule has 3 aromatic rings. The Labute approximate surface area is 173 Å². The number of carbonyl (C=O) groups is 1. The highest BCUT2D eigenvalue weighted by atomic mass is 19.1. The molecule has 2 heterocycles. The first-order chi connectivity index (χ1) is 14.6. The van der Waals surface area contributed by atoms with Crippen molar-refractivity contribution in [2.75, 3.05) is 24.5 Å². The first kappa shape index (κ1) is 18.8. The largest absolute Gasteiger partial charge is 0.352 e. The first-order valence-corrected chi connectivity index (χ1v) is 10.5. The van der Waals surface area contributed by atoms with Crippen LogP contribution in [0.25, 0.3) is 16.6 Å². The van der Waals surface area contributed by atoms with Crippen molar-refractivity contribution in [2.24, 2.45) is 5.92 Å². The minimum absolute atomic E-state index is 0.143. The number of benzene rings is 2. The van der Waals surface area contributed by atoms with E-state index < -0.39 is 0 Å². The summed E-state index contributed by atoms with van der Waals surface area (Å²) in [7, 11) is 0. The van der Waals surface area contributed by atoms with Gasteiger partial charge in [-0.05, 0) is 74.1 Å². The molecule has 1 aliphatic heterocycles. The predicted molar refractivity (Wildman–Crippen MR) is 114 cm³/mol. The van der Waals surface area contributed by atoms with Crippen molar-refractivity contribution in [3.63, 3.8) is 0 Å². The van der Waals surface area contributed by atoms with Gasteiger partial charge >= 0.3 is 0 Å². The second-order valence-electron chi connectivity index (χ2n) is 8.11. The number of hydrogen-bond acceptors (Lipinski definition) is 4. The number of carbonyl (C=O) groups excluding carboxylic acids is 1. The summed E-state index contributed by atoms with van der Waals surface area (Å²) in [5.74, 6) is 0.630. The average molecular weight is 406 g/mol. The van der Waals surface area contributed by atoms with Crippen LogP contribution in [0.4, 0.5) is 10.3 Å². The van der Waals surface area contributed by atoms with Crippen molar-refractivity contribution in [1.82, 2.24) is 14.9 Å². The molecule has 0 bridgehead atoms. The smallest absolute Gasteiger partial charge is 0.267 e. The van der Waals surface area contributed by atoms with Gasteiger partial charge in [-0.2, -0.15) is 0 Å². The lowest BCUT2D eigenvalue weighted by atomic mass is 10.1. The van der Waals surface area contributed by atoms with Gasteiger partial charge in [0.1, 0.15) is 5.82 Å². The summed E-state index contributed by atoms with van der Waals surface area (Å²) in [5.41, 5.74) is 1.35. The Morgan fingerprint density at radius 2 is 1.83 bits per heavy atom. The first-order valence-electron chi connectivity index (χ1n) is 10.5. The molecule has 0 atom stereocenters. The molecule has 2 fully saturated rings. The van der Waals surface area contributed by atoms with Gasteiger partial charge in [0.2, 0.25) is 5.95 Å². The van der Waals surface area contributed by atoms with Crippen LogP contribution >= 0.6 is 0 Å². The highest BCUT2D eigenvalue weighted by Crippen LogP contribution is 2.28. The fourth-order valence-electron chi connectivity index (χ4n) is 3.93. The van der Waals surface area contributed by atoms with Crippen molar-refractivity contribution in [3.8, 4) is 5.69 Å². The third kappa shape index (κ3) is 3.56. The Morgan fingerprint density at radius 3 is 2.53 bits per heavy atom. The Balaban J connectivity index is 1.61. The van der Waals surface area contributed by atoms with Crippen LogP contribution in [-0.2, 0) is 0 Å². The van der Waals surface area contributed by atoms with Gasteiger partial charge in [0.05, 0.1) is 16.6 Å². The van der Waals surface area contributed by atoms with E-state index in [1.807, 2.05) is 0 Å². The van der Waals surface area contributed by atoms with Crippen LogP contribution in [0.15, 0.2) is 47.3 Å². The second kappa shape index (κ2) is 7.55. The number of fused-ring (bicyclic) bond motifs is 1. The van der Waals surface area contributed by atoms with Crippen molar-refractivity contribution in [3.05, 3.63) is 64.2 Å². The lowest BCUT2D eigenvalue weighted by molar-refractivity contribution is 0.0952. The number of nitrogens with one attached hydrogen (secondary N) is 1. The summed E-state index contributed by atoms with van der Waals surface area (Å²) in [5, 5.41) is 3.39. The normalized spacial score (nSPS) is 16.2. The highest BCUT2D eigenvalue weighted by Gasteiger charge is 2.23. The summed E-state index contributed by atoms with van der Waals surface area (Å²) in [6.07, 6.45) is 4.39. The van der Waals surface area contributed by atoms with Gasteiger partial charge in [0.15, 0.2) is 0 Å². The van der Waals surface area contributed by atoms with Gasteiger partial charge in [-0.25, -0.2) is 13.9 Å². The summed E-state index contributed by atoms with van der Waals surface area (Å²) in [4.78, 5) is 32.8. The quantitative estimate of drug-likeness (QED) is 0.706. The van der Waals surface area contributed by atoms with Crippen molar-refractivity contribution >= 4 is 22.8 Å². The van der Waals surface area contributed by atoms with E-state index in [-0.39, 0.29) is 17.3 Å². The number of hydrogen-bond donors (Lipinski definition) is 1. The Bertz CT molecular complexity index is 1160. The van der Waals surface area contributed by atoms with Crippen LogP contribution in [0, 0.1) is 11.7 Å². The molecule has 5 rings (SSSR count). The third-order valence-corrected chi connectivity index (χ3v) is 5.84. The van der Waals surface area contributed by atoms with Gasteiger partial charge in [-0.3, -0.25) is 9.59 Å². The van der Waals surface area contributed by atoms with E-state index in [9.17, 15) is 14.0 Å². The van der Waals surface area contributed by atoms with Crippen LogP contribution in [0.3, 0.4) is 0 Å². The van der Waals surface area contributed by atoms with Gasteiger partial charge in [-0.15, -0.1) is 0 Å². The molecule has 1 saturated heterocycles. The van der Waals surface area contributed by atoms with Crippen LogP contribution in [0.5, 0.6) is 0 Å². The molecular formula is C23H23FN4O2. The number of amides is 1. The maximum Gasteiger partial charge on any atom is 0.267 e. The molecule has 2 aliphatic rings. The summed E-state index contributed by atoms with van der Waals surface area (Å²) >= 11 is 0. The minimum atomic E-state index is -0.356. The molecule has 1 aromatic heterocycles. The number of rotatable bonds is 5. The Hall–Kier alpha value is -3.22. The number of halogens is 1. The van der Waals surface area contributed by atoms with E-state index in [0.717, 1.165) is 25.9 Å². The molecule has 0 unspecified atom stereocenters. The molecule has 6 nitrogen and oxygen atoms in total. The van der Waals surface area contributed by atoms with Crippen LogP contribution in [0.1, 0.15) is 36.0 Å². The standard InChI is InChI=1S/C23H23FN4O2/c24-17-6-8-18(9-7-17)28-22(30)19-10-5-16(21(29)25-14-15-3-4-15)13-20(19)26-23(28)27-11-1-2-12-27/h5-10,13,15H,1-4,11-12,14H2,(H,25,29). The molecule has 0 spiro atoms. The summed E-state index contributed by atoms with van der Waals surface area (Å²) < 4.78 is 15.0. The summed E-state index contributed by atoms with van der Waals surface area (Å²) in [6, 6.07) is 10.9. The Kier molecular flexibility index (Phi) is 4.73. The Morgan fingerprint density at radius 1 is 1.10 bits per heavy atom. The fraction of sp³-hybridized carbons (Fsp3) is 0.348. The lowest BCUT2D eigenvalue weighted by Crippen LogP contribution is -2.30. The molecule has 2 aromatic carbocycles. The zero-order valence-corrected chi connectivity index (χ0v) is 16.6. The summed E-state index contributed by atoms with van der Waals surface area (Å²) in [6.45, 7) is 2.30. The van der Waals surface area contributed by atoms with E-state index in [1.165, 1.54) is 25.0 Å². The van der Waals surface area contributed by atoms with E-state index in [1.54, 1.807) is 34.9 Å². The van der Waals surface area contributed by atoms with E-state index in [2.05, 4.69) is 10.2 Å². The molecular weight excluding hydrogens is 383 g/mol. The molecule has 7 heteroatoms. The molecule has 1 aliphatic carbocycles. The maximum atomic E-state index is 13.4. The van der Waals surface area contributed by atoms with Crippen LogP contribution < -0.4 is 15.8 Å². The van der Waals surface area contributed by atoms with Crippen molar-refractivity contribution in [1.29, 1.82) is 0 Å². The van der Waals surface area contributed by atoms with Crippen LogP contribution in [0.2, 0.25) is 0 Å². The second-order valence-corrected chi connectivity index (χ2v) is 8.11. The molecule has 0 radical (unpaired) electrons. The lowest BCUT2D eigenvalue weighted by Gasteiger charge is -2.22. The number of nitrogens with zero attached hydrogens (tertiary/aromatic N) is 3. The van der Waals surface area contributed by atoms with Gasteiger partial charge in [0, 0.05) is 25.2 Å². The molecule has 30 heavy (non-hydrogen) atoms. The maximum absolute atomic E-state index is 13.4. The number of aromatic nitrogens is 2. The highest BCUT2D eigenvalue weighted by molar-refractivity contribution is 5.97. The van der Waals surface area contributed by atoms with E-state index in [4.69, 9.17) is 4.98 Å².